The molecule has 0 radical (unpaired) electrons. The number of aromatic nitrogens is 1. The molecule has 1 aliphatic heterocycles. The van der Waals surface area contributed by atoms with Crippen LogP contribution < -0.4 is 5.32 Å². The highest BCUT2D eigenvalue weighted by molar-refractivity contribution is 6.30. The molecule has 1 aromatic rings. The van der Waals surface area contributed by atoms with Crippen molar-refractivity contribution < 1.29 is 0 Å². The summed E-state index contributed by atoms with van der Waals surface area (Å²) in [5, 5.41) is 4.08. The lowest BCUT2D eigenvalue weighted by Gasteiger charge is -2.13. The van der Waals surface area contributed by atoms with Crippen molar-refractivity contribution in [3.05, 3.63) is 34.6 Å². The van der Waals surface area contributed by atoms with E-state index >= 15 is 0 Å². The molecule has 0 amide bonds. The minimum absolute atomic E-state index is 0.614. The number of hydrogen-bond acceptors (Lipinski definition) is 2. The van der Waals surface area contributed by atoms with Gasteiger partial charge in [-0.2, -0.15) is 0 Å². The number of fused-ring (bicyclic) bond motifs is 1. The molecule has 2 nitrogen and oxygen atoms in total. The van der Waals surface area contributed by atoms with E-state index < -0.39 is 0 Å². The van der Waals surface area contributed by atoms with Crippen LogP contribution in [0, 0.1) is 18.8 Å². The number of aryl methyl sites for hydroxylation is 1. The second-order valence-electron chi connectivity index (χ2n) is 4.75. The highest BCUT2D eigenvalue weighted by Crippen LogP contribution is 2.40. The molecule has 1 aromatic heterocycles. The fourth-order valence-corrected chi connectivity index (χ4v) is 2.93. The summed E-state index contributed by atoms with van der Waals surface area (Å²) in [5.41, 5.74) is 3.77. The van der Waals surface area contributed by atoms with Crippen molar-refractivity contribution in [1.29, 1.82) is 0 Å². The maximum absolute atomic E-state index is 5.96. The Kier molecular flexibility index (Phi) is 2.49. The van der Waals surface area contributed by atoms with E-state index in [-0.39, 0.29) is 0 Å². The van der Waals surface area contributed by atoms with Crippen LogP contribution in [0.3, 0.4) is 0 Å². The van der Waals surface area contributed by atoms with Crippen LogP contribution in [-0.2, 0) is 0 Å². The fraction of sp³-hybridized carbons (Fsp3) is 0.462. The molecule has 1 fully saturated rings. The van der Waals surface area contributed by atoms with E-state index in [4.69, 9.17) is 11.6 Å². The summed E-state index contributed by atoms with van der Waals surface area (Å²) in [6.07, 6.45) is 5.48. The van der Waals surface area contributed by atoms with Gasteiger partial charge in [0.25, 0.3) is 0 Å². The van der Waals surface area contributed by atoms with Gasteiger partial charge in [0.05, 0.1) is 0 Å². The van der Waals surface area contributed by atoms with Crippen molar-refractivity contribution in [1.82, 2.24) is 10.3 Å². The maximum atomic E-state index is 5.96. The molecule has 3 rings (SSSR count). The lowest BCUT2D eigenvalue weighted by atomic mass is 9.91. The molecule has 2 aliphatic rings. The van der Waals surface area contributed by atoms with Gasteiger partial charge in [0, 0.05) is 18.7 Å². The van der Waals surface area contributed by atoms with Crippen molar-refractivity contribution in [2.45, 2.75) is 13.3 Å². The number of nitrogens with zero attached hydrogens (tertiary/aromatic N) is 1. The van der Waals surface area contributed by atoms with E-state index in [1.165, 1.54) is 17.6 Å². The number of allylic oxidation sites excluding steroid dienone is 1. The monoisotopic (exact) mass is 234 g/mol. The SMILES string of the molecule is Cc1cc(C2=CCC3CNCC23)cnc1Cl. The summed E-state index contributed by atoms with van der Waals surface area (Å²) in [4.78, 5) is 4.24. The van der Waals surface area contributed by atoms with Gasteiger partial charge in [0.2, 0.25) is 0 Å². The van der Waals surface area contributed by atoms with Gasteiger partial charge in [-0.1, -0.05) is 17.7 Å². The Hall–Kier alpha value is -0.860. The molecule has 1 saturated heterocycles. The topological polar surface area (TPSA) is 24.9 Å². The Labute approximate surface area is 101 Å². The van der Waals surface area contributed by atoms with Gasteiger partial charge in [0.15, 0.2) is 0 Å². The maximum Gasteiger partial charge on any atom is 0.131 e. The number of nitrogens with one attached hydrogen (secondary N) is 1. The van der Waals surface area contributed by atoms with Crippen LogP contribution >= 0.6 is 11.6 Å². The zero-order valence-corrected chi connectivity index (χ0v) is 10.1. The number of halogens is 1. The lowest BCUT2D eigenvalue weighted by molar-refractivity contribution is 0.542. The quantitative estimate of drug-likeness (QED) is 0.756. The van der Waals surface area contributed by atoms with Crippen LogP contribution in [0.5, 0.6) is 0 Å². The average molecular weight is 235 g/mol. The Morgan fingerprint density at radius 1 is 1.44 bits per heavy atom. The highest BCUT2D eigenvalue weighted by atomic mass is 35.5. The van der Waals surface area contributed by atoms with Crippen molar-refractivity contribution >= 4 is 17.2 Å². The molecule has 3 heteroatoms. The fourth-order valence-electron chi connectivity index (χ4n) is 2.82. The van der Waals surface area contributed by atoms with Crippen LogP contribution in [-0.4, -0.2) is 18.1 Å². The summed E-state index contributed by atoms with van der Waals surface area (Å²) >= 11 is 5.96. The van der Waals surface area contributed by atoms with Crippen LogP contribution in [0.15, 0.2) is 18.3 Å². The van der Waals surface area contributed by atoms with Crippen LogP contribution in [0.2, 0.25) is 5.15 Å². The van der Waals surface area contributed by atoms with Crippen molar-refractivity contribution in [3.63, 3.8) is 0 Å². The first kappa shape index (κ1) is 10.3. The average Bonchev–Trinajstić information content (AvgIpc) is 2.83. The smallest absolute Gasteiger partial charge is 0.131 e. The highest BCUT2D eigenvalue weighted by Gasteiger charge is 2.34. The minimum Gasteiger partial charge on any atom is -0.316 e. The molecule has 1 N–H and O–H groups in total. The Balaban J connectivity index is 1.95. The van der Waals surface area contributed by atoms with E-state index in [0.717, 1.165) is 24.6 Å². The second kappa shape index (κ2) is 3.86. The van der Waals surface area contributed by atoms with E-state index in [9.17, 15) is 0 Å². The second-order valence-corrected chi connectivity index (χ2v) is 5.11. The summed E-state index contributed by atoms with van der Waals surface area (Å²) in [7, 11) is 0. The van der Waals surface area contributed by atoms with Gasteiger partial charge in [0.1, 0.15) is 5.15 Å². The zero-order valence-electron chi connectivity index (χ0n) is 9.33. The van der Waals surface area contributed by atoms with E-state index in [0.29, 0.717) is 11.1 Å². The number of hydrogen-bond donors (Lipinski definition) is 1. The Morgan fingerprint density at radius 3 is 3.12 bits per heavy atom. The third-order valence-electron chi connectivity index (χ3n) is 3.73. The first-order chi connectivity index (χ1) is 7.75. The van der Waals surface area contributed by atoms with Gasteiger partial charge >= 0.3 is 0 Å². The van der Waals surface area contributed by atoms with Crippen molar-refractivity contribution in [2.75, 3.05) is 13.1 Å². The molecule has 0 bridgehead atoms. The van der Waals surface area contributed by atoms with Crippen LogP contribution in [0.4, 0.5) is 0 Å². The van der Waals surface area contributed by atoms with Gasteiger partial charge in [-0.15, -0.1) is 0 Å². The molecule has 0 spiro atoms. The van der Waals surface area contributed by atoms with Gasteiger partial charge < -0.3 is 5.32 Å². The molecule has 16 heavy (non-hydrogen) atoms. The Morgan fingerprint density at radius 2 is 2.31 bits per heavy atom. The predicted molar refractivity (Wildman–Crippen MR) is 66.4 cm³/mol. The van der Waals surface area contributed by atoms with E-state index in [2.05, 4.69) is 22.4 Å². The van der Waals surface area contributed by atoms with Crippen molar-refractivity contribution in [3.8, 4) is 0 Å². The third-order valence-corrected chi connectivity index (χ3v) is 4.12. The number of pyridine rings is 1. The molecule has 84 valence electrons. The minimum atomic E-state index is 0.614. The first-order valence-electron chi connectivity index (χ1n) is 5.79. The van der Waals surface area contributed by atoms with Crippen molar-refractivity contribution in [2.24, 2.45) is 11.8 Å². The largest absolute Gasteiger partial charge is 0.316 e. The molecule has 2 heterocycles. The van der Waals surface area contributed by atoms with Crippen LogP contribution in [0.1, 0.15) is 17.5 Å². The third kappa shape index (κ3) is 1.57. The molecule has 2 unspecified atom stereocenters. The molecule has 0 aromatic carbocycles. The summed E-state index contributed by atoms with van der Waals surface area (Å²) < 4.78 is 0. The van der Waals surface area contributed by atoms with Gasteiger partial charge in [-0.25, -0.2) is 4.98 Å². The molecular formula is C13H15ClN2. The molecule has 2 atom stereocenters. The molecule has 0 saturated carbocycles. The summed E-state index contributed by atoms with van der Waals surface area (Å²) in [6.45, 7) is 4.28. The standard InChI is InChI=1S/C13H15ClN2/c1-8-4-10(6-16-13(8)14)11-3-2-9-5-15-7-12(9)11/h3-4,6,9,12,15H,2,5,7H2,1H3. The van der Waals surface area contributed by atoms with Crippen LogP contribution in [0.25, 0.3) is 5.57 Å². The van der Waals surface area contributed by atoms with Gasteiger partial charge in [-0.05, 0) is 48.6 Å². The summed E-state index contributed by atoms with van der Waals surface area (Å²) in [5.74, 6) is 1.48. The van der Waals surface area contributed by atoms with Gasteiger partial charge in [-0.3, -0.25) is 0 Å². The van der Waals surface area contributed by atoms with E-state index in [1.807, 2.05) is 13.1 Å². The van der Waals surface area contributed by atoms with E-state index in [1.54, 1.807) is 0 Å². The summed E-state index contributed by atoms with van der Waals surface area (Å²) in [6, 6.07) is 2.15. The molecular weight excluding hydrogens is 220 g/mol. The Bertz CT molecular complexity index is 453. The number of rotatable bonds is 1. The predicted octanol–water partition coefficient (Wildman–Crippen LogP) is 2.67. The zero-order chi connectivity index (χ0) is 11.1. The first-order valence-corrected chi connectivity index (χ1v) is 6.17. The lowest BCUT2D eigenvalue weighted by Crippen LogP contribution is -2.10. The molecule has 1 aliphatic carbocycles. The normalized spacial score (nSPS) is 28.0.